The van der Waals surface area contributed by atoms with Gasteiger partial charge >= 0.3 is 0 Å². The van der Waals surface area contributed by atoms with E-state index in [4.69, 9.17) is 15.5 Å². The first kappa shape index (κ1) is 20.0. The average Bonchev–Trinajstić information content (AvgIpc) is 3.57. The molecule has 1 saturated heterocycles. The molecule has 0 unspecified atom stereocenters. The minimum atomic E-state index is -0.00170. The zero-order chi connectivity index (χ0) is 20.4. The quantitative estimate of drug-likeness (QED) is 0.575. The van der Waals surface area contributed by atoms with Gasteiger partial charge in [0.05, 0.1) is 11.9 Å². The lowest BCUT2D eigenvalue weighted by atomic mass is 10.0. The van der Waals surface area contributed by atoms with E-state index in [2.05, 4.69) is 22.0 Å². The number of thioether (sulfide) groups is 1. The molecule has 2 aliphatic rings. The molecule has 1 amide bonds. The number of nitrogen functional groups attached to an aromatic ring is 1. The highest BCUT2D eigenvalue weighted by molar-refractivity contribution is 7.99. The third kappa shape index (κ3) is 5.00. The zero-order valence-electron chi connectivity index (χ0n) is 16.8. The normalized spacial score (nSPS) is 21.8. The molecule has 1 aliphatic carbocycles. The van der Waals surface area contributed by atoms with Crippen LogP contribution in [0.15, 0.2) is 41.6 Å². The molecule has 1 aromatic carbocycles. The standard InChI is InChI=1S/C21H27N5O2S/c1-25(2)20(27)13-29-21-23-18(22)10-19(24-21)26-11-16(14-6-4-3-5-7-14)28-17(12-26)15-8-9-15/h3-7,10,15-17H,8-9,11-13H2,1-2H3,(H2,22,23,24)/t16-,17+/m0/s1. The van der Waals surface area contributed by atoms with E-state index in [0.29, 0.717) is 23.4 Å². The van der Waals surface area contributed by atoms with Crippen molar-refractivity contribution >= 4 is 29.3 Å². The second kappa shape index (κ2) is 8.59. The van der Waals surface area contributed by atoms with Crippen LogP contribution in [0.3, 0.4) is 0 Å². The van der Waals surface area contributed by atoms with Crippen LogP contribution in [0.25, 0.3) is 0 Å². The van der Waals surface area contributed by atoms with Gasteiger partial charge in [0.15, 0.2) is 5.16 Å². The van der Waals surface area contributed by atoms with Crippen molar-refractivity contribution in [2.24, 2.45) is 5.92 Å². The first-order valence-electron chi connectivity index (χ1n) is 9.92. The molecular weight excluding hydrogens is 386 g/mol. The number of nitrogens with zero attached hydrogens (tertiary/aromatic N) is 4. The van der Waals surface area contributed by atoms with Gasteiger partial charge in [-0.1, -0.05) is 42.1 Å². The van der Waals surface area contributed by atoms with Crippen molar-refractivity contribution in [1.82, 2.24) is 14.9 Å². The lowest BCUT2D eigenvalue weighted by molar-refractivity contribution is -0.125. The summed E-state index contributed by atoms with van der Waals surface area (Å²) in [6, 6.07) is 12.1. The number of ether oxygens (including phenoxy) is 1. The number of carbonyl (C=O) groups is 1. The van der Waals surface area contributed by atoms with Gasteiger partial charge in [-0.25, -0.2) is 9.97 Å². The van der Waals surface area contributed by atoms with Gasteiger partial charge in [-0.15, -0.1) is 0 Å². The van der Waals surface area contributed by atoms with E-state index in [1.165, 1.54) is 30.2 Å². The number of benzene rings is 1. The number of rotatable bonds is 6. The number of carbonyl (C=O) groups excluding carboxylic acids is 1. The van der Waals surface area contributed by atoms with E-state index in [1.54, 1.807) is 19.0 Å². The van der Waals surface area contributed by atoms with Gasteiger partial charge in [0.1, 0.15) is 17.7 Å². The Bertz CT molecular complexity index is 859. The Morgan fingerprint density at radius 3 is 2.69 bits per heavy atom. The zero-order valence-corrected chi connectivity index (χ0v) is 17.6. The van der Waals surface area contributed by atoms with Crippen molar-refractivity contribution in [2.75, 3.05) is 43.6 Å². The summed E-state index contributed by atoms with van der Waals surface area (Å²) in [5.41, 5.74) is 7.24. The van der Waals surface area contributed by atoms with Gasteiger partial charge in [0.2, 0.25) is 5.91 Å². The molecule has 1 aromatic heterocycles. The Balaban J connectivity index is 1.54. The van der Waals surface area contributed by atoms with Crippen LogP contribution in [0.5, 0.6) is 0 Å². The van der Waals surface area contributed by atoms with Crippen LogP contribution >= 0.6 is 11.8 Å². The van der Waals surface area contributed by atoms with Gasteiger partial charge in [-0.3, -0.25) is 4.79 Å². The van der Waals surface area contributed by atoms with E-state index in [9.17, 15) is 4.79 Å². The fourth-order valence-electron chi connectivity index (χ4n) is 3.47. The number of amides is 1. The summed E-state index contributed by atoms with van der Waals surface area (Å²) in [5, 5.41) is 0.529. The Morgan fingerprint density at radius 2 is 2.00 bits per heavy atom. The monoisotopic (exact) mass is 413 g/mol. The van der Waals surface area contributed by atoms with E-state index in [0.717, 1.165) is 12.4 Å². The largest absolute Gasteiger partial charge is 0.383 e. The van der Waals surface area contributed by atoms with E-state index in [-0.39, 0.29) is 23.9 Å². The summed E-state index contributed by atoms with van der Waals surface area (Å²) >= 11 is 1.31. The second-order valence-electron chi connectivity index (χ2n) is 7.83. The SMILES string of the molecule is CN(C)C(=O)CSc1nc(N)cc(N2C[C@@H](c3ccccc3)O[C@@H](C3CC3)C2)n1. The number of anilines is 2. The third-order valence-corrected chi connectivity index (χ3v) is 6.14. The number of nitrogens with two attached hydrogens (primary N) is 1. The number of aromatic nitrogens is 2. The highest BCUT2D eigenvalue weighted by Gasteiger charge is 2.39. The second-order valence-corrected chi connectivity index (χ2v) is 8.77. The van der Waals surface area contributed by atoms with E-state index >= 15 is 0 Å². The van der Waals surface area contributed by atoms with Gasteiger partial charge in [-0.05, 0) is 24.3 Å². The van der Waals surface area contributed by atoms with Gasteiger partial charge in [0.25, 0.3) is 0 Å². The average molecular weight is 414 g/mol. The summed E-state index contributed by atoms with van der Waals surface area (Å²) in [6.07, 6.45) is 2.63. The Kier molecular flexibility index (Phi) is 5.91. The van der Waals surface area contributed by atoms with Gasteiger partial charge in [0, 0.05) is 33.3 Å². The van der Waals surface area contributed by atoms with Crippen molar-refractivity contribution in [3.63, 3.8) is 0 Å². The molecule has 154 valence electrons. The maximum atomic E-state index is 11.9. The molecule has 2 heterocycles. The molecule has 0 radical (unpaired) electrons. The highest BCUT2D eigenvalue weighted by atomic mass is 32.2. The smallest absolute Gasteiger partial charge is 0.232 e. The molecule has 2 aromatic rings. The van der Waals surface area contributed by atoms with Crippen LogP contribution < -0.4 is 10.6 Å². The maximum Gasteiger partial charge on any atom is 0.232 e. The molecule has 7 nitrogen and oxygen atoms in total. The Morgan fingerprint density at radius 1 is 1.24 bits per heavy atom. The molecule has 1 aliphatic heterocycles. The molecule has 2 atom stereocenters. The molecular formula is C21H27N5O2S. The minimum Gasteiger partial charge on any atom is -0.383 e. The third-order valence-electron chi connectivity index (χ3n) is 5.30. The first-order valence-corrected chi connectivity index (χ1v) is 10.9. The van der Waals surface area contributed by atoms with Crippen molar-refractivity contribution in [3.8, 4) is 0 Å². The van der Waals surface area contributed by atoms with Crippen molar-refractivity contribution in [2.45, 2.75) is 30.2 Å². The number of morpholine rings is 1. The maximum absolute atomic E-state index is 11.9. The summed E-state index contributed by atoms with van der Waals surface area (Å²) in [7, 11) is 3.48. The van der Waals surface area contributed by atoms with Crippen molar-refractivity contribution in [1.29, 1.82) is 0 Å². The van der Waals surface area contributed by atoms with Crippen LogP contribution in [-0.2, 0) is 9.53 Å². The summed E-state index contributed by atoms with van der Waals surface area (Å²) in [6.45, 7) is 1.51. The molecule has 1 saturated carbocycles. The van der Waals surface area contributed by atoms with Gasteiger partial charge < -0.3 is 20.3 Å². The fourth-order valence-corrected chi connectivity index (χ4v) is 4.31. The molecule has 2 N–H and O–H groups in total. The number of hydrogen-bond donors (Lipinski definition) is 1. The lowest BCUT2D eigenvalue weighted by Gasteiger charge is -2.39. The predicted molar refractivity (Wildman–Crippen MR) is 115 cm³/mol. The van der Waals surface area contributed by atoms with Gasteiger partial charge in [-0.2, -0.15) is 0 Å². The molecule has 2 fully saturated rings. The van der Waals surface area contributed by atoms with Crippen LogP contribution in [0.1, 0.15) is 24.5 Å². The predicted octanol–water partition coefficient (Wildman–Crippen LogP) is 2.60. The van der Waals surface area contributed by atoms with Crippen LogP contribution in [0.2, 0.25) is 0 Å². The Hall–Kier alpha value is -2.32. The lowest BCUT2D eigenvalue weighted by Crippen LogP contribution is -2.45. The summed E-state index contributed by atoms with van der Waals surface area (Å²) in [4.78, 5) is 24.7. The van der Waals surface area contributed by atoms with E-state index in [1.807, 2.05) is 24.3 Å². The summed E-state index contributed by atoms with van der Waals surface area (Å²) < 4.78 is 6.44. The topological polar surface area (TPSA) is 84.6 Å². The van der Waals surface area contributed by atoms with E-state index < -0.39 is 0 Å². The van der Waals surface area contributed by atoms with Crippen LogP contribution in [0, 0.1) is 5.92 Å². The van der Waals surface area contributed by atoms with Crippen molar-refractivity contribution < 1.29 is 9.53 Å². The molecule has 29 heavy (non-hydrogen) atoms. The molecule has 0 spiro atoms. The summed E-state index contributed by atoms with van der Waals surface area (Å²) in [5.74, 6) is 2.14. The molecule has 0 bridgehead atoms. The van der Waals surface area contributed by atoms with Crippen molar-refractivity contribution in [3.05, 3.63) is 42.0 Å². The number of hydrogen-bond acceptors (Lipinski definition) is 7. The first-order chi connectivity index (χ1) is 14.0. The minimum absolute atomic E-state index is 0.00170. The fraction of sp³-hybridized carbons (Fsp3) is 0.476. The highest BCUT2D eigenvalue weighted by Crippen LogP contribution is 2.40. The van der Waals surface area contributed by atoms with Crippen LogP contribution in [0.4, 0.5) is 11.6 Å². The molecule has 8 heteroatoms. The molecule has 4 rings (SSSR count). The van der Waals surface area contributed by atoms with Crippen LogP contribution in [-0.4, -0.2) is 59.8 Å². The Labute approximate surface area is 175 Å².